The SMILES string of the molecule is O=C(NC1=NC(COc2ccccc2Cl)CN1)c1ccccc1. The third-order valence-electron chi connectivity index (χ3n) is 3.35. The Hall–Kier alpha value is -2.53. The van der Waals surface area contributed by atoms with Crippen LogP contribution in [0, 0.1) is 0 Å². The van der Waals surface area contributed by atoms with Crippen molar-refractivity contribution in [1.82, 2.24) is 10.6 Å². The predicted octanol–water partition coefficient (Wildman–Crippen LogP) is 2.48. The van der Waals surface area contributed by atoms with E-state index in [4.69, 9.17) is 16.3 Å². The van der Waals surface area contributed by atoms with Gasteiger partial charge in [0, 0.05) is 12.1 Å². The van der Waals surface area contributed by atoms with Crippen molar-refractivity contribution in [1.29, 1.82) is 0 Å². The molecule has 5 nitrogen and oxygen atoms in total. The van der Waals surface area contributed by atoms with Gasteiger partial charge >= 0.3 is 0 Å². The molecule has 0 aromatic heterocycles. The first-order valence-corrected chi connectivity index (χ1v) is 7.65. The molecular weight excluding hydrogens is 314 g/mol. The summed E-state index contributed by atoms with van der Waals surface area (Å²) in [5.74, 6) is 0.905. The molecule has 0 bridgehead atoms. The minimum atomic E-state index is -0.190. The van der Waals surface area contributed by atoms with Crippen LogP contribution in [-0.2, 0) is 0 Å². The Bertz CT molecular complexity index is 719. The number of benzene rings is 2. The number of ether oxygens (including phenoxy) is 1. The molecule has 3 rings (SSSR count). The fraction of sp³-hybridized carbons (Fsp3) is 0.176. The largest absolute Gasteiger partial charge is 0.490 e. The second kappa shape index (κ2) is 7.15. The molecule has 1 unspecified atom stereocenters. The molecule has 1 aliphatic rings. The minimum Gasteiger partial charge on any atom is -0.490 e. The van der Waals surface area contributed by atoms with Crippen LogP contribution in [-0.4, -0.2) is 31.1 Å². The number of rotatable bonds is 4. The fourth-order valence-electron chi connectivity index (χ4n) is 2.18. The maximum Gasteiger partial charge on any atom is 0.257 e. The van der Waals surface area contributed by atoms with Crippen molar-refractivity contribution < 1.29 is 9.53 Å². The van der Waals surface area contributed by atoms with Crippen molar-refractivity contribution in [2.45, 2.75) is 6.04 Å². The average molecular weight is 330 g/mol. The number of amides is 1. The Labute approximate surface area is 139 Å². The first kappa shape index (κ1) is 15.4. The van der Waals surface area contributed by atoms with Crippen LogP contribution in [0.2, 0.25) is 5.02 Å². The van der Waals surface area contributed by atoms with Crippen molar-refractivity contribution in [3.63, 3.8) is 0 Å². The molecule has 6 heteroatoms. The van der Waals surface area contributed by atoms with E-state index in [1.54, 1.807) is 18.2 Å². The summed E-state index contributed by atoms with van der Waals surface area (Å²) < 4.78 is 5.67. The molecule has 1 atom stereocenters. The van der Waals surface area contributed by atoms with Gasteiger partial charge in [0.1, 0.15) is 18.4 Å². The highest BCUT2D eigenvalue weighted by Crippen LogP contribution is 2.23. The summed E-state index contributed by atoms with van der Waals surface area (Å²) in [7, 11) is 0. The maximum atomic E-state index is 12.1. The molecule has 2 aromatic carbocycles. The highest BCUT2D eigenvalue weighted by atomic mass is 35.5. The van der Waals surface area contributed by atoms with Crippen molar-refractivity contribution in [3.05, 3.63) is 65.2 Å². The van der Waals surface area contributed by atoms with E-state index < -0.39 is 0 Å². The first-order valence-electron chi connectivity index (χ1n) is 7.28. The second-order valence-electron chi connectivity index (χ2n) is 5.07. The van der Waals surface area contributed by atoms with Gasteiger partial charge in [0.25, 0.3) is 5.91 Å². The van der Waals surface area contributed by atoms with Crippen LogP contribution >= 0.6 is 11.6 Å². The third kappa shape index (κ3) is 4.02. The van der Waals surface area contributed by atoms with Gasteiger partial charge in [0.15, 0.2) is 5.96 Å². The quantitative estimate of drug-likeness (QED) is 0.906. The number of para-hydroxylation sites is 1. The number of halogens is 1. The van der Waals surface area contributed by atoms with Crippen molar-refractivity contribution in [2.24, 2.45) is 4.99 Å². The van der Waals surface area contributed by atoms with Gasteiger partial charge in [-0.2, -0.15) is 0 Å². The van der Waals surface area contributed by atoms with Gasteiger partial charge in [-0.15, -0.1) is 0 Å². The summed E-state index contributed by atoms with van der Waals surface area (Å²) in [5, 5.41) is 6.39. The van der Waals surface area contributed by atoms with Crippen LogP contribution in [0.5, 0.6) is 5.75 Å². The normalized spacial score (nSPS) is 16.4. The lowest BCUT2D eigenvalue weighted by molar-refractivity contribution is 0.0976. The fourth-order valence-corrected chi connectivity index (χ4v) is 2.37. The van der Waals surface area contributed by atoms with E-state index in [9.17, 15) is 4.79 Å². The van der Waals surface area contributed by atoms with E-state index in [0.29, 0.717) is 35.4 Å². The lowest BCUT2D eigenvalue weighted by Gasteiger charge is -2.09. The van der Waals surface area contributed by atoms with Gasteiger partial charge in [0.05, 0.1) is 5.02 Å². The van der Waals surface area contributed by atoms with Gasteiger partial charge in [0.2, 0.25) is 0 Å². The van der Waals surface area contributed by atoms with Gasteiger partial charge in [-0.25, -0.2) is 4.99 Å². The molecular formula is C17H16ClN3O2. The second-order valence-corrected chi connectivity index (χ2v) is 5.48. The standard InChI is InChI=1S/C17H16ClN3O2/c18-14-8-4-5-9-15(14)23-11-13-10-19-17(20-13)21-16(22)12-6-2-1-3-7-12/h1-9,13H,10-11H2,(H2,19,20,21,22). The molecule has 118 valence electrons. The molecule has 0 saturated carbocycles. The summed E-state index contributed by atoms with van der Waals surface area (Å²) in [6, 6.07) is 16.2. The molecule has 0 fully saturated rings. The Kier molecular flexibility index (Phi) is 4.78. The Morgan fingerprint density at radius 2 is 1.96 bits per heavy atom. The molecule has 1 amide bonds. The van der Waals surface area contributed by atoms with Crippen LogP contribution in [0.4, 0.5) is 0 Å². The Morgan fingerprint density at radius 3 is 2.74 bits per heavy atom. The van der Waals surface area contributed by atoms with E-state index in [1.165, 1.54) is 0 Å². The highest BCUT2D eigenvalue weighted by Gasteiger charge is 2.19. The van der Waals surface area contributed by atoms with Crippen LogP contribution in [0.1, 0.15) is 10.4 Å². The molecule has 1 aliphatic heterocycles. The van der Waals surface area contributed by atoms with Gasteiger partial charge in [-0.3, -0.25) is 10.1 Å². The predicted molar refractivity (Wildman–Crippen MR) is 90.1 cm³/mol. The average Bonchev–Trinajstić information content (AvgIpc) is 3.02. The van der Waals surface area contributed by atoms with Crippen LogP contribution in [0.15, 0.2) is 59.6 Å². The lowest BCUT2D eigenvalue weighted by atomic mass is 10.2. The molecule has 0 radical (unpaired) electrons. The zero-order chi connectivity index (χ0) is 16.1. The van der Waals surface area contributed by atoms with E-state index in [0.717, 1.165) is 0 Å². The number of hydrogen-bond acceptors (Lipinski definition) is 4. The van der Waals surface area contributed by atoms with Gasteiger partial charge in [-0.05, 0) is 24.3 Å². The highest BCUT2D eigenvalue weighted by molar-refractivity contribution is 6.32. The first-order chi connectivity index (χ1) is 11.2. The molecule has 0 aliphatic carbocycles. The summed E-state index contributed by atoms with van der Waals surface area (Å²) in [6.07, 6.45) is 0. The van der Waals surface area contributed by atoms with Crippen molar-refractivity contribution in [3.8, 4) is 5.75 Å². The van der Waals surface area contributed by atoms with E-state index >= 15 is 0 Å². The smallest absolute Gasteiger partial charge is 0.257 e. The van der Waals surface area contributed by atoms with E-state index in [2.05, 4.69) is 15.6 Å². The number of guanidine groups is 1. The molecule has 0 saturated heterocycles. The lowest BCUT2D eigenvalue weighted by Crippen LogP contribution is -2.38. The maximum absolute atomic E-state index is 12.1. The van der Waals surface area contributed by atoms with Crippen molar-refractivity contribution >= 4 is 23.5 Å². The van der Waals surface area contributed by atoms with Gasteiger partial charge < -0.3 is 10.1 Å². The minimum absolute atomic E-state index is 0.0719. The summed E-state index contributed by atoms with van der Waals surface area (Å²) in [6.45, 7) is 0.996. The molecule has 2 aromatic rings. The molecule has 23 heavy (non-hydrogen) atoms. The molecule has 1 heterocycles. The molecule has 0 spiro atoms. The van der Waals surface area contributed by atoms with Gasteiger partial charge in [-0.1, -0.05) is 41.9 Å². The number of nitrogens with one attached hydrogen (secondary N) is 2. The van der Waals surface area contributed by atoms with Crippen LogP contribution in [0.3, 0.4) is 0 Å². The monoisotopic (exact) mass is 329 g/mol. The third-order valence-corrected chi connectivity index (χ3v) is 3.66. The van der Waals surface area contributed by atoms with E-state index in [-0.39, 0.29) is 11.9 Å². The van der Waals surface area contributed by atoms with Crippen LogP contribution in [0.25, 0.3) is 0 Å². The summed E-state index contributed by atoms with van der Waals surface area (Å²) >= 11 is 6.04. The zero-order valence-corrected chi connectivity index (χ0v) is 13.1. The number of hydrogen-bond donors (Lipinski definition) is 2. The number of carbonyl (C=O) groups is 1. The molecule has 2 N–H and O–H groups in total. The number of carbonyl (C=O) groups excluding carboxylic acids is 1. The Balaban J connectivity index is 1.54. The summed E-state index contributed by atoms with van der Waals surface area (Å²) in [4.78, 5) is 16.5. The van der Waals surface area contributed by atoms with Crippen molar-refractivity contribution in [2.75, 3.05) is 13.2 Å². The number of nitrogens with zero attached hydrogens (tertiary/aromatic N) is 1. The summed E-state index contributed by atoms with van der Waals surface area (Å²) in [5.41, 5.74) is 0.591. The zero-order valence-electron chi connectivity index (χ0n) is 12.3. The van der Waals surface area contributed by atoms with Crippen LogP contribution < -0.4 is 15.4 Å². The Morgan fingerprint density at radius 1 is 1.22 bits per heavy atom. The van der Waals surface area contributed by atoms with E-state index in [1.807, 2.05) is 36.4 Å². The topological polar surface area (TPSA) is 62.7 Å². The number of aliphatic imine (C=N–C) groups is 1.